The van der Waals surface area contributed by atoms with E-state index in [-0.39, 0.29) is 42.5 Å². The van der Waals surface area contributed by atoms with Gasteiger partial charge in [-0.15, -0.1) is 24.0 Å². The number of carbonyl (C=O) groups is 1. The van der Waals surface area contributed by atoms with E-state index in [0.29, 0.717) is 13.1 Å². The minimum absolute atomic E-state index is 0. The van der Waals surface area contributed by atoms with Gasteiger partial charge in [-0.1, -0.05) is 24.3 Å². The molecule has 1 aromatic heterocycles. The normalized spacial score (nSPS) is 14.0. The fourth-order valence-corrected chi connectivity index (χ4v) is 3.79. The molecule has 2 N–H and O–H groups in total. The first kappa shape index (κ1) is 25.5. The summed E-state index contributed by atoms with van der Waals surface area (Å²) < 4.78 is 7.36. The molecule has 0 fully saturated rings. The van der Waals surface area contributed by atoms with Crippen molar-refractivity contribution in [3.8, 4) is 11.4 Å². The Morgan fingerprint density at radius 1 is 1.21 bits per heavy atom. The average molecular weight is 574 g/mol. The SMILES string of the molecule is CCNC(=NCCCN1C(=O)COc2ccccc21)NC(C)c1cccc(-n2cccn2)c1.I. The highest BCUT2D eigenvalue weighted by Gasteiger charge is 2.24. The molecule has 2 aromatic carbocycles. The summed E-state index contributed by atoms with van der Waals surface area (Å²) in [5.41, 5.74) is 2.99. The molecule has 8 nitrogen and oxygen atoms in total. The number of amides is 1. The number of aliphatic imine (C=N–C) groups is 1. The highest BCUT2D eigenvalue weighted by molar-refractivity contribution is 14.0. The Bertz CT molecular complexity index is 1100. The number of rotatable bonds is 8. The fourth-order valence-electron chi connectivity index (χ4n) is 3.79. The summed E-state index contributed by atoms with van der Waals surface area (Å²) in [6.07, 6.45) is 4.45. The molecular formula is C25H31IN6O2. The van der Waals surface area contributed by atoms with Gasteiger partial charge in [0, 0.05) is 32.0 Å². The van der Waals surface area contributed by atoms with Crippen LogP contribution in [-0.2, 0) is 4.79 Å². The van der Waals surface area contributed by atoms with Gasteiger partial charge in [0.15, 0.2) is 12.6 Å². The third kappa shape index (κ3) is 6.28. The number of nitrogens with one attached hydrogen (secondary N) is 2. The number of halogens is 1. The number of anilines is 1. The quantitative estimate of drug-likeness (QED) is 0.185. The van der Waals surface area contributed by atoms with E-state index in [2.05, 4.69) is 34.8 Å². The second kappa shape index (κ2) is 12.4. The van der Waals surface area contributed by atoms with Crippen LogP contribution < -0.4 is 20.3 Å². The van der Waals surface area contributed by atoms with Gasteiger partial charge in [-0.2, -0.15) is 5.10 Å². The number of hydrogen-bond acceptors (Lipinski definition) is 4. The average Bonchev–Trinajstić information content (AvgIpc) is 3.38. The molecule has 3 aromatic rings. The topological polar surface area (TPSA) is 83.8 Å². The van der Waals surface area contributed by atoms with E-state index in [4.69, 9.17) is 9.73 Å². The summed E-state index contributed by atoms with van der Waals surface area (Å²) in [4.78, 5) is 18.9. The van der Waals surface area contributed by atoms with Gasteiger partial charge < -0.3 is 20.3 Å². The Kier molecular flexibility index (Phi) is 9.32. The number of para-hydroxylation sites is 2. The van der Waals surface area contributed by atoms with Crippen molar-refractivity contribution in [3.63, 3.8) is 0 Å². The van der Waals surface area contributed by atoms with Crippen LogP contribution in [0.5, 0.6) is 5.75 Å². The molecule has 0 radical (unpaired) electrons. The molecule has 34 heavy (non-hydrogen) atoms. The molecule has 1 atom stereocenters. The van der Waals surface area contributed by atoms with Crippen LogP contribution in [0.3, 0.4) is 0 Å². The van der Waals surface area contributed by atoms with Crippen molar-refractivity contribution in [1.82, 2.24) is 20.4 Å². The van der Waals surface area contributed by atoms with Crippen LogP contribution in [0.1, 0.15) is 31.9 Å². The Morgan fingerprint density at radius 3 is 2.85 bits per heavy atom. The van der Waals surface area contributed by atoms with Gasteiger partial charge in [0.1, 0.15) is 5.75 Å². The monoisotopic (exact) mass is 574 g/mol. The van der Waals surface area contributed by atoms with Crippen molar-refractivity contribution in [2.45, 2.75) is 26.3 Å². The highest BCUT2D eigenvalue weighted by Crippen LogP contribution is 2.31. The molecule has 1 unspecified atom stereocenters. The van der Waals surface area contributed by atoms with E-state index >= 15 is 0 Å². The predicted octanol–water partition coefficient (Wildman–Crippen LogP) is 3.92. The standard InChI is InChI=1S/C25H30N6O2.HI/c1-3-26-25(29-19(2)20-9-6-10-21(17-20)31-16-8-14-28-31)27-13-7-15-30-22-11-4-5-12-23(22)33-18-24(30)32;/h4-6,8-12,14,16-17,19H,3,7,13,15,18H2,1-2H3,(H2,26,27,29);1H. The maximum atomic E-state index is 12.3. The Labute approximate surface area is 217 Å². The minimum atomic E-state index is -0.0200. The lowest BCUT2D eigenvalue weighted by Gasteiger charge is -2.29. The van der Waals surface area contributed by atoms with E-state index < -0.39 is 0 Å². The van der Waals surface area contributed by atoms with Crippen molar-refractivity contribution in [2.24, 2.45) is 4.99 Å². The molecule has 2 heterocycles. The number of benzene rings is 2. The molecule has 180 valence electrons. The lowest BCUT2D eigenvalue weighted by Crippen LogP contribution is -2.40. The van der Waals surface area contributed by atoms with Crippen molar-refractivity contribution in [1.29, 1.82) is 0 Å². The lowest BCUT2D eigenvalue weighted by atomic mass is 10.1. The third-order valence-electron chi connectivity index (χ3n) is 5.45. The summed E-state index contributed by atoms with van der Waals surface area (Å²) in [6, 6.07) is 17.9. The van der Waals surface area contributed by atoms with Crippen molar-refractivity contribution in [2.75, 3.05) is 31.1 Å². The first-order chi connectivity index (χ1) is 16.2. The van der Waals surface area contributed by atoms with Crippen LogP contribution in [0.2, 0.25) is 0 Å². The summed E-state index contributed by atoms with van der Waals surface area (Å²) >= 11 is 0. The van der Waals surface area contributed by atoms with Gasteiger partial charge in [0.2, 0.25) is 0 Å². The third-order valence-corrected chi connectivity index (χ3v) is 5.45. The van der Waals surface area contributed by atoms with Crippen LogP contribution in [0.25, 0.3) is 5.69 Å². The fraction of sp³-hybridized carbons (Fsp3) is 0.320. The van der Waals surface area contributed by atoms with Crippen molar-refractivity contribution >= 4 is 41.5 Å². The van der Waals surface area contributed by atoms with Crippen LogP contribution in [-0.4, -0.2) is 47.9 Å². The van der Waals surface area contributed by atoms with Crippen LogP contribution in [0, 0.1) is 0 Å². The summed E-state index contributed by atoms with van der Waals surface area (Å²) in [6.45, 7) is 6.20. The highest BCUT2D eigenvalue weighted by atomic mass is 127. The molecule has 0 bridgehead atoms. The molecule has 0 aliphatic carbocycles. The molecule has 1 aliphatic heterocycles. The van der Waals surface area contributed by atoms with E-state index in [1.165, 1.54) is 0 Å². The Balaban J connectivity index is 0.00000324. The van der Waals surface area contributed by atoms with E-state index in [1.54, 1.807) is 11.1 Å². The van der Waals surface area contributed by atoms with Gasteiger partial charge in [-0.3, -0.25) is 9.79 Å². The predicted molar refractivity (Wildman–Crippen MR) is 145 cm³/mol. The van der Waals surface area contributed by atoms with Gasteiger partial charge in [-0.25, -0.2) is 4.68 Å². The summed E-state index contributed by atoms with van der Waals surface area (Å²) in [5.74, 6) is 1.48. The number of carbonyl (C=O) groups excluding carboxylic acids is 1. The maximum Gasteiger partial charge on any atom is 0.265 e. The number of nitrogens with zero attached hydrogens (tertiary/aromatic N) is 4. The Hall–Kier alpha value is -3.08. The summed E-state index contributed by atoms with van der Waals surface area (Å²) in [5, 5.41) is 11.1. The number of ether oxygens (including phenoxy) is 1. The zero-order valence-electron chi connectivity index (χ0n) is 19.5. The molecule has 4 rings (SSSR count). The zero-order chi connectivity index (χ0) is 23.0. The molecule has 1 amide bonds. The number of hydrogen-bond donors (Lipinski definition) is 2. The van der Waals surface area contributed by atoms with Crippen molar-refractivity contribution in [3.05, 3.63) is 72.6 Å². The van der Waals surface area contributed by atoms with Crippen LogP contribution in [0.4, 0.5) is 5.69 Å². The molecule has 0 saturated carbocycles. The first-order valence-corrected chi connectivity index (χ1v) is 11.3. The number of guanidine groups is 1. The number of fused-ring (bicyclic) bond motifs is 1. The first-order valence-electron chi connectivity index (χ1n) is 11.3. The van der Waals surface area contributed by atoms with Gasteiger partial charge in [-0.05, 0) is 56.2 Å². The molecule has 0 spiro atoms. The van der Waals surface area contributed by atoms with Gasteiger partial charge in [0.25, 0.3) is 5.91 Å². The lowest BCUT2D eigenvalue weighted by molar-refractivity contribution is -0.121. The largest absolute Gasteiger partial charge is 0.482 e. The Morgan fingerprint density at radius 2 is 2.06 bits per heavy atom. The van der Waals surface area contributed by atoms with Crippen LogP contribution in [0.15, 0.2) is 72.0 Å². The van der Waals surface area contributed by atoms with E-state index in [0.717, 1.165) is 41.6 Å². The van der Waals surface area contributed by atoms with E-state index in [9.17, 15) is 4.79 Å². The summed E-state index contributed by atoms with van der Waals surface area (Å²) in [7, 11) is 0. The minimum Gasteiger partial charge on any atom is -0.482 e. The molecule has 0 saturated heterocycles. The molecular weight excluding hydrogens is 543 g/mol. The molecule has 9 heteroatoms. The molecule has 1 aliphatic rings. The number of aromatic nitrogens is 2. The van der Waals surface area contributed by atoms with Crippen molar-refractivity contribution < 1.29 is 9.53 Å². The van der Waals surface area contributed by atoms with E-state index in [1.807, 2.05) is 60.3 Å². The van der Waals surface area contributed by atoms with Crippen LogP contribution >= 0.6 is 24.0 Å². The second-order valence-corrected chi connectivity index (χ2v) is 7.83. The maximum absolute atomic E-state index is 12.3. The second-order valence-electron chi connectivity index (χ2n) is 7.83. The zero-order valence-corrected chi connectivity index (χ0v) is 21.8. The van der Waals surface area contributed by atoms with Gasteiger partial charge >= 0.3 is 0 Å². The smallest absolute Gasteiger partial charge is 0.265 e. The van der Waals surface area contributed by atoms with Gasteiger partial charge in [0.05, 0.1) is 17.4 Å².